The van der Waals surface area contributed by atoms with Crippen LogP contribution in [0.25, 0.3) is 16.9 Å². The summed E-state index contributed by atoms with van der Waals surface area (Å²) >= 11 is 0. The molecular formula is C20H20N4O4. The van der Waals surface area contributed by atoms with Gasteiger partial charge in [-0.3, -0.25) is 14.9 Å². The van der Waals surface area contributed by atoms with Crippen molar-refractivity contribution in [3.8, 4) is 22.7 Å². The first-order chi connectivity index (χ1) is 13.5. The molecule has 1 amide bonds. The van der Waals surface area contributed by atoms with Gasteiger partial charge in [-0.1, -0.05) is 19.1 Å². The van der Waals surface area contributed by atoms with Crippen LogP contribution in [0.5, 0.6) is 5.75 Å². The largest absolute Gasteiger partial charge is 0.497 e. The number of ether oxygens (including phenoxy) is 1. The summed E-state index contributed by atoms with van der Waals surface area (Å²) in [4.78, 5) is 23.1. The smallest absolute Gasteiger partial charge is 0.270 e. The van der Waals surface area contributed by atoms with Gasteiger partial charge in [0.2, 0.25) is 0 Å². The molecule has 0 unspecified atom stereocenters. The Labute approximate surface area is 161 Å². The molecule has 1 heterocycles. The number of hydrogen-bond acceptors (Lipinski definition) is 5. The first-order valence-electron chi connectivity index (χ1n) is 8.81. The van der Waals surface area contributed by atoms with E-state index in [4.69, 9.17) is 4.74 Å². The number of nitrogens with one attached hydrogen (secondary N) is 1. The fourth-order valence-corrected chi connectivity index (χ4v) is 2.71. The van der Waals surface area contributed by atoms with Crippen LogP contribution in [0.15, 0.2) is 54.6 Å². The van der Waals surface area contributed by atoms with Crippen molar-refractivity contribution < 1.29 is 14.5 Å². The molecule has 0 saturated heterocycles. The number of nitro groups is 1. The topological polar surface area (TPSA) is 99.3 Å². The molecule has 0 radical (unpaired) electrons. The molecule has 0 aliphatic heterocycles. The third-order valence-electron chi connectivity index (χ3n) is 4.15. The molecule has 0 aliphatic carbocycles. The standard InChI is InChI=1S/C20H20N4O4/c1-3-11-21-20(25)19-13-18(14-5-4-6-17(12-14)28-2)22-23(19)15-7-9-16(10-8-15)24(26)27/h4-10,12-13H,3,11H2,1-2H3,(H,21,25). The lowest BCUT2D eigenvalue weighted by molar-refractivity contribution is -0.384. The number of aromatic nitrogens is 2. The lowest BCUT2D eigenvalue weighted by Crippen LogP contribution is -2.26. The molecule has 144 valence electrons. The molecule has 3 rings (SSSR count). The molecule has 3 aromatic rings. The normalized spacial score (nSPS) is 10.5. The van der Waals surface area contributed by atoms with E-state index in [0.717, 1.165) is 12.0 Å². The maximum atomic E-state index is 12.6. The number of rotatable bonds is 7. The molecular weight excluding hydrogens is 360 g/mol. The average molecular weight is 380 g/mol. The molecule has 8 heteroatoms. The zero-order chi connectivity index (χ0) is 20.1. The highest BCUT2D eigenvalue weighted by atomic mass is 16.6. The summed E-state index contributed by atoms with van der Waals surface area (Å²) in [7, 11) is 1.58. The van der Waals surface area contributed by atoms with Crippen LogP contribution in [0.1, 0.15) is 23.8 Å². The molecule has 2 aromatic carbocycles. The Morgan fingerprint density at radius 3 is 2.61 bits per heavy atom. The van der Waals surface area contributed by atoms with Crippen LogP contribution in [0.2, 0.25) is 0 Å². The Bertz CT molecular complexity index is 996. The van der Waals surface area contributed by atoms with Crippen LogP contribution >= 0.6 is 0 Å². The molecule has 0 atom stereocenters. The van der Waals surface area contributed by atoms with Gasteiger partial charge in [-0.25, -0.2) is 4.68 Å². The van der Waals surface area contributed by atoms with Gasteiger partial charge in [0.05, 0.1) is 23.4 Å². The van der Waals surface area contributed by atoms with Crippen LogP contribution in [-0.2, 0) is 0 Å². The van der Waals surface area contributed by atoms with Crippen LogP contribution in [-0.4, -0.2) is 34.3 Å². The SMILES string of the molecule is CCCNC(=O)c1cc(-c2cccc(OC)c2)nn1-c1ccc([N+](=O)[O-])cc1. The maximum Gasteiger partial charge on any atom is 0.270 e. The highest BCUT2D eigenvalue weighted by molar-refractivity contribution is 5.94. The van der Waals surface area contributed by atoms with Crippen molar-refractivity contribution in [3.63, 3.8) is 0 Å². The Kier molecular flexibility index (Phi) is 5.69. The Hall–Kier alpha value is -3.68. The summed E-state index contributed by atoms with van der Waals surface area (Å²) < 4.78 is 6.75. The van der Waals surface area contributed by atoms with Crippen LogP contribution in [0.3, 0.4) is 0 Å². The zero-order valence-electron chi connectivity index (χ0n) is 15.6. The summed E-state index contributed by atoms with van der Waals surface area (Å²) in [5.74, 6) is 0.418. The van der Waals surface area contributed by atoms with Crippen molar-refractivity contribution in [1.82, 2.24) is 15.1 Å². The van der Waals surface area contributed by atoms with Crippen molar-refractivity contribution >= 4 is 11.6 Å². The van der Waals surface area contributed by atoms with Gasteiger partial charge < -0.3 is 10.1 Å². The number of amides is 1. The molecule has 8 nitrogen and oxygen atoms in total. The van der Waals surface area contributed by atoms with Crippen molar-refractivity contribution in [3.05, 3.63) is 70.4 Å². The van der Waals surface area contributed by atoms with E-state index in [9.17, 15) is 14.9 Å². The second-order valence-corrected chi connectivity index (χ2v) is 6.09. The number of carbonyl (C=O) groups is 1. The van der Waals surface area contributed by atoms with Gasteiger partial charge in [0.25, 0.3) is 11.6 Å². The number of nitrogens with zero attached hydrogens (tertiary/aromatic N) is 3. The monoisotopic (exact) mass is 380 g/mol. The first-order valence-corrected chi connectivity index (χ1v) is 8.81. The minimum absolute atomic E-state index is 0.0269. The quantitative estimate of drug-likeness (QED) is 0.499. The molecule has 0 aliphatic rings. The predicted octanol–water partition coefficient (Wildman–Crippen LogP) is 3.60. The summed E-state index contributed by atoms with van der Waals surface area (Å²) in [5.41, 5.74) is 2.27. The number of methoxy groups -OCH3 is 1. The van der Waals surface area contributed by atoms with Crippen LogP contribution in [0, 0.1) is 10.1 Å². The number of benzene rings is 2. The molecule has 1 aromatic heterocycles. The van der Waals surface area contributed by atoms with Crippen molar-refractivity contribution in [2.45, 2.75) is 13.3 Å². The van der Waals surface area contributed by atoms with Crippen LogP contribution < -0.4 is 10.1 Å². The Balaban J connectivity index is 2.06. The van der Waals surface area contributed by atoms with Gasteiger partial charge in [-0.15, -0.1) is 0 Å². The number of non-ortho nitro benzene ring substituents is 1. The molecule has 0 fully saturated rings. The molecule has 1 N–H and O–H groups in total. The lowest BCUT2D eigenvalue weighted by Gasteiger charge is -2.07. The second-order valence-electron chi connectivity index (χ2n) is 6.09. The average Bonchev–Trinajstić information content (AvgIpc) is 3.17. The fourth-order valence-electron chi connectivity index (χ4n) is 2.71. The first kappa shape index (κ1) is 19.1. The maximum absolute atomic E-state index is 12.6. The molecule has 28 heavy (non-hydrogen) atoms. The Morgan fingerprint density at radius 1 is 1.21 bits per heavy atom. The number of carbonyl (C=O) groups excluding carboxylic acids is 1. The second kappa shape index (κ2) is 8.34. The minimum atomic E-state index is -0.469. The molecule has 0 spiro atoms. The highest BCUT2D eigenvalue weighted by Gasteiger charge is 2.18. The number of nitro benzene ring substituents is 1. The highest BCUT2D eigenvalue weighted by Crippen LogP contribution is 2.26. The zero-order valence-corrected chi connectivity index (χ0v) is 15.6. The van der Waals surface area contributed by atoms with Gasteiger partial charge >= 0.3 is 0 Å². The van der Waals surface area contributed by atoms with E-state index >= 15 is 0 Å². The van der Waals surface area contributed by atoms with Gasteiger partial charge in [0.1, 0.15) is 11.4 Å². The van der Waals surface area contributed by atoms with Crippen molar-refractivity contribution in [1.29, 1.82) is 0 Å². The van der Waals surface area contributed by atoms with Crippen molar-refractivity contribution in [2.24, 2.45) is 0 Å². The summed E-state index contributed by atoms with van der Waals surface area (Å²) in [6.45, 7) is 2.51. The predicted molar refractivity (Wildman–Crippen MR) is 105 cm³/mol. The van der Waals surface area contributed by atoms with Gasteiger partial charge in [-0.2, -0.15) is 5.10 Å². The lowest BCUT2D eigenvalue weighted by atomic mass is 10.1. The van der Waals surface area contributed by atoms with E-state index < -0.39 is 4.92 Å². The van der Waals surface area contributed by atoms with Gasteiger partial charge in [0.15, 0.2) is 0 Å². The van der Waals surface area contributed by atoms with Gasteiger partial charge in [-0.05, 0) is 36.8 Å². The van der Waals surface area contributed by atoms with E-state index in [1.54, 1.807) is 25.3 Å². The van der Waals surface area contributed by atoms with Crippen molar-refractivity contribution in [2.75, 3.05) is 13.7 Å². The van der Waals surface area contributed by atoms with E-state index in [2.05, 4.69) is 10.4 Å². The molecule has 0 saturated carbocycles. The Morgan fingerprint density at radius 2 is 1.96 bits per heavy atom. The summed E-state index contributed by atoms with van der Waals surface area (Å²) in [6, 6.07) is 15.0. The fraction of sp³-hybridized carbons (Fsp3) is 0.200. The summed E-state index contributed by atoms with van der Waals surface area (Å²) in [6.07, 6.45) is 0.806. The van der Waals surface area contributed by atoms with E-state index in [1.165, 1.54) is 16.8 Å². The van der Waals surface area contributed by atoms with Crippen LogP contribution in [0.4, 0.5) is 5.69 Å². The number of hydrogen-bond donors (Lipinski definition) is 1. The molecule has 0 bridgehead atoms. The van der Waals surface area contributed by atoms with E-state index in [1.807, 2.05) is 31.2 Å². The van der Waals surface area contributed by atoms with Gasteiger partial charge in [0, 0.05) is 24.2 Å². The third-order valence-corrected chi connectivity index (χ3v) is 4.15. The van der Waals surface area contributed by atoms with E-state index in [-0.39, 0.29) is 11.6 Å². The van der Waals surface area contributed by atoms with E-state index in [0.29, 0.717) is 29.4 Å². The summed E-state index contributed by atoms with van der Waals surface area (Å²) in [5, 5.41) is 18.3. The minimum Gasteiger partial charge on any atom is -0.497 e. The third kappa shape index (κ3) is 4.01.